The molecule has 0 unspecified atom stereocenters. The van der Waals surface area contributed by atoms with Crippen LogP contribution >= 0.6 is 0 Å². The van der Waals surface area contributed by atoms with Crippen molar-refractivity contribution < 1.29 is 0 Å². The first-order chi connectivity index (χ1) is 13.4. The molecule has 2 aliphatic carbocycles. The molecule has 2 aromatic heterocycles. The van der Waals surface area contributed by atoms with E-state index in [1.165, 1.54) is 44.3 Å². The Morgan fingerprint density at radius 3 is 2.32 bits per heavy atom. The van der Waals surface area contributed by atoms with Gasteiger partial charge in [-0.25, -0.2) is 0 Å². The van der Waals surface area contributed by atoms with E-state index >= 15 is 0 Å². The summed E-state index contributed by atoms with van der Waals surface area (Å²) in [5.74, 6) is 0. The molecule has 2 heteroatoms. The van der Waals surface area contributed by atoms with Gasteiger partial charge in [0.15, 0.2) is 0 Å². The Hall–Kier alpha value is -3.00. The maximum atomic E-state index is 4.75. The van der Waals surface area contributed by atoms with Gasteiger partial charge in [-0.1, -0.05) is 52.0 Å². The fourth-order valence-corrected chi connectivity index (χ4v) is 5.50. The van der Waals surface area contributed by atoms with Gasteiger partial charge in [0.25, 0.3) is 0 Å². The monoisotopic (exact) mass is 362 g/mol. The van der Waals surface area contributed by atoms with Gasteiger partial charge in [-0.2, -0.15) is 0 Å². The Morgan fingerprint density at radius 2 is 1.46 bits per heavy atom. The maximum absolute atomic E-state index is 4.75. The second-order valence-corrected chi connectivity index (χ2v) is 9.15. The van der Waals surface area contributed by atoms with E-state index in [1.807, 2.05) is 18.5 Å². The van der Waals surface area contributed by atoms with E-state index in [2.05, 4.69) is 75.1 Å². The zero-order valence-corrected chi connectivity index (χ0v) is 16.7. The van der Waals surface area contributed by atoms with Crippen LogP contribution in [-0.2, 0) is 10.8 Å². The summed E-state index contributed by atoms with van der Waals surface area (Å²) < 4.78 is 0. The van der Waals surface area contributed by atoms with E-state index in [9.17, 15) is 0 Å². The topological polar surface area (TPSA) is 25.8 Å². The number of benzene rings is 2. The number of hydrogen-bond acceptors (Lipinski definition) is 2. The molecule has 0 bridgehead atoms. The van der Waals surface area contributed by atoms with Crippen molar-refractivity contribution in [2.75, 3.05) is 0 Å². The average Bonchev–Trinajstić information content (AvgIpc) is 3.06. The van der Waals surface area contributed by atoms with Crippen LogP contribution in [0.25, 0.3) is 33.3 Å². The maximum Gasteiger partial charge on any atom is 0.0746 e. The van der Waals surface area contributed by atoms with Crippen LogP contribution in [0.4, 0.5) is 0 Å². The van der Waals surface area contributed by atoms with Gasteiger partial charge in [0.1, 0.15) is 0 Å². The van der Waals surface area contributed by atoms with Crippen LogP contribution in [0.2, 0.25) is 0 Å². The molecule has 136 valence electrons. The Morgan fingerprint density at radius 1 is 0.679 bits per heavy atom. The summed E-state index contributed by atoms with van der Waals surface area (Å²) in [7, 11) is 0. The lowest BCUT2D eigenvalue weighted by Crippen LogP contribution is -2.18. The molecule has 0 saturated carbocycles. The van der Waals surface area contributed by atoms with Crippen molar-refractivity contribution in [3.8, 4) is 22.4 Å². The Bertz CT molecular complexity index is 1310. The minimum absolute atomic E-state index is 0.0258. The normalized spacial score (nSPS) is 17.1. The van der Waals surface area contributed by atoms with E-state index in [-0.39, 0.29) is 10.8 Å². The number of pyridine rings is 2. The molecule has 0 N–H and O–H groups in total. The molecule has 4 aromatic rings. The van der Waals surface area contributed by atoms with Crippen molar-refractivity contribution in [3.63, 3.8) is 0 Å². The summed E-state index contributed by atoms with van der Waals surface area (Å²) in [4.78, 5) is 9.39. The molecule has 0 radical (unpaired) electrons. The largest absolute Gasteiger partial charge is 0.256 e. The zero-order valence-electron chi connectivity index (χ0n) is 16.7. The van der Waals surface area contributed by atoms with Crippen molar-refractivity contribution in [2.24, 2.45) is 0 Å². The van der Waals surface area contributed by atoms with Gasteiger partial charge in [-0.15, -0.1) is 0 Å². The molecule has 0 fully saturated rings. The summed E-state index contributed by atoms with van der Waals surface area (Å²) >= 11 is 0. The molecule has 2 aliphatic rings. The second kappa shape index (κ2) is 4.88. The van der Waals surface area contributed by atoms with E-state index in [4.69, 9.17) is 4.98 Å². The highest BCUT2D eigenvalue weighted by atomic mass is 14.7. The summed E-state index contributed by atoms with van der Waals surface area (Å²) in [5, 5.41) is 1.21. The van der Waals surface area contributed by atoms with E-state index in [0.29, 0.717) is 0 Å². The minimum Gasteiger partial charge on any atom is -0.256 e. The lowest BCUT2D eigenvalue weighted by molar-refractivity contribution is 0.647. The molecule has 2 nitrogen and oxygen atoms in total. The molecule has 6 rings (SSSR count). The van der Waals surface area contributed by atoms with E-state index < -0.39 is 0 Å². The Labute approximate surface area is 165 Å². The van der Waals surface area contributed by atoms with Crippen LogP contribution in [-0.4, -0.2) is 9.97 Å². The summed E-state index contributed by atoms with van der Waals surface area (Å²) in [6.07, 6.45) is 3.79. The van der Waals surface area contributed by atoms with Crippen molar-refractivity contribution in [1.29, 1.82) is 0 Å². The second-order valence-electron chi connectivity index (χ2n) is 9.15. The van der Waals surface area contributed by atoms with Crippen molar-refractivity contribution in [1.82, 2.24) is 9.97 Å². The SMILES string of the molecule is CC1(C)c2cc3cccnc3cc2-c2c1ccc1c2C(C)(C)c2cccnc2-1. The van der Waals surface area contributed by atoms with Crippen molar-refractivity contribution >= 4 is 10.9 Å². The van der Waals surface area contributed by atoms with Crippen LogP contribution in [0.1, 0.15) is 49.9 Å². The quantitative estimate of drug-likeness (QED) is 0.370. The summed E-state index contributed by atoms with van der Waals surface area (Å²) in [6.45, 7) is 9.37. The van der Waals surface area contributed by atoms with Crippen LogP contribution < -0.4 is 0 Å². The van der Waals surface area contributed by atoms with Crippen molar-refractivity contribution in [3.05, 3.63) is 83.2 Å². The summed E-state index contributed by atoms with van der Waals surface area (Å²) in [6, 6.07) is 17.7. The molecule has 2 aromatic carbocycles. The molecule has 0 saturated heterocycles. The molecule has 2 heterocycles. The molecule has 0 spiro atoms. The third kappa shape index (κ3) is 1.74. The number of rotatable bonds is 0. The lowest BCUT2D eigenvalue weighted by Gasteiger charge is -2.25. The third-order valence-electron chi connectivity index (χ3n) is 6.92. The van der Waals surface area contributed by atoms with Gasteiger partial charge < -0.3 is 0 Å². The number of aromatic nitrogens is 2. The van der Waals surface area contributed by atoms with Crippen LogP contribution in [0.5, 0.6) is 0 Å². The van der Waals surface area contributed by atoms with Crippen LogP contribution in [0.15, 0.2) is 60.9 Å². The predicted molar refractivity (Wildman–Crippen MR) is 115 cm³/mol. The minimum atomic E-state index is -0.0684. The smallest absolute Gasteiger partial charge is 0.0746 e. The zero-order chi connectivity index (χ0) is 19.3. The highest BCUT2D eigenvalue weighted by Gasteiger charge is 2.45. The molecule has 0 aliphatic heterocycles. The highest BCUT2D eigenvalue weighted by Crippen LogP contribution is 2.58. The summed E-state index contributed by atoms with van der Waals surface area (Å²) in [5.41, 5.74) is 11.7. The lowest BCUT2D eigenvalue weighted by atomic mass is 9.77. The third-order valence-corrected chi connectivity index (χ3v) is 6.92. The molecular weight excluding hydrogens is 340 g/mol. The van der Waals surface area contributed by atoms with Gasteiger partial charge in [0.05, 0.1) is 11.2 Å². The highest BCUT2D eigenvalue weighted by molar-refractivity contribution is 5.97. The number of nitrogens with zero attached hydrogens (tertiary/aromatic N) is 2. The number of hydrogen-bond donors (Lipinski definition) is 0. The van der Waals surface area contributed by atoms with Gasteiger partial charge in [0, 0.05) is 34.2 Å². The van der Waals surface area contributed by atoms with Crippen molar-refractivity contribution in [2.45, 2.75) is 38.5 Å². The fraction of sp³-hybridized carbons (Fsp3) is 0.231. The fourth-order valence-electron chi connectivity index (χ4n) is 5.50. The van der Waals surface area contributed by atoms with Crippen LogP contribution in [0, 0.1) is 0 Å². The first-order valence-corrected chi connectivity index (χ1v) is 9.94. The first-order valence-electron chi connectivity index (χ1n) is 9.94. The van der Waals surface area contributed by atoms with Gasteiger partial charge in [-0.05, 0) is 57.6 Å². The predicted octanol–water partition coefficient (Wildman–Crippen LogP) is 6.24. The van der Waals surface area contributed by atoms with Gasteiger partial charge in [0.2, 0.25) is 0 Å². The van der Waals surface area contributed by atoms with E-state index in [0.717, 1.165) is 11.2 Å². The molecular formula is C26H22N2. The number of fused-ring (bicyclic) bond motifs is 8. The Kier molecular flexibility index (Phi) is 2.79. The van der Waals surface area contributed by atoms with Gasteiger partial charge in [-0.3, -0.25) is 9.97 Å². The van der Waals surface area contributed by atoms with Crippen LogP contribution in [0.3, 0.4) is 0 Å². The Balaban J connectivity index is 1.77. The molecule has 0 amide bonds. The standard InChI is InChI=1S/C26H22N2/c1-25(2)18-10-9-16-23(26(3,4)19-8-6-12-28-24(16)19)22(18)17-14-21-15(13-20(17)25)7-5-11-27-21/h5-14H,1-4H3. The molecule has 28 heavy (non-hydrogen) atoms. The van der Waals surface area contributed by atoms with E-state index in [1.54, 1.807) is 0 Å². The first kappa shape index (κ1) is 16.0. The molecule has 0 atom stereocenters. The van der Waals surface area contributed by atoms with Gasteiger partial charge >= 0.3 is 0 Å². The average molecular weight is 362 g/mol.